The van der Waals surface area contributed by atoms with E-state index in [4.69, 9.17) is 5.73 Å². The van der Waals surface area contributed by atoms with E-state index in [2.05, 4.69) is 17.5 Å². The first kappa shape index (κ1) is 17.5. The van der Waals surface area contributed by atoms with E-state index in [0.717, 1.165) is 12.8 Å². The van der Waals surface area contributed by atoms with Crippen molar-refractivity contribution in [3.63, 3.8) is 0 Å². The fourth-order valence-electron chi connectivity index (χ4n) is 3.99. The highest BCUT2D eigenvalue weighted by atomic mass is 16.2. The zero-order valence-corrected chi connectivity index (χ0v) is 14.8. The summed E-state index contributed by atoms with van der Waals surface area (Å²) in [5.74, 6) is 0.455. The van der Waals surface area contributed by atoms with Crippen LogP contribution in [0.5, 0.6) is 0 Å². The third-order valence-electron chi connectivity index (χ3n) is 5.23. The van der Waals surface area contributed by atoms with Crippen LogP contribution in [0, 0.1) is 17.8 Å². The van der Waals surface area contributed by atoms with E-state index >= 15 is 0 Å². The molecular formula is C18H26N4O3. The molecule has 0 aliphatic heterocycles. The Balaban J connectivity index is 1.97. The van der Waals surface area contributed by atoms with Gasteiger partial charge in [0.1, 0.15) is 11.5 Å². The number of nitrogen functional groups attached to an aromatic ring is 1. The van der Waals surface area contributed by atoms with E-state index < -0.39 is 11.2 Å². The molecule has 3 unspecified atom stereocenters. The van der Waals surface area contributed by atoms with Crippen LogP contribution in [0.2, 0.25) is 0 Å². The molecule has 1 fully saturated rings. The number of carbonyl (C=O) groups is 1. The summed E-state index contributed by atoms with van der Waals surface area (Å²) in [6, 6.07) is 0. The lowest BCUT2D eigenvalue weighted by Gasteiger charge is -2.20. The number of carbonyl (C=O) groups excluding carboxylic acids is 1. The Morgan fingerprint density at radius 2 is 1.84 bits per heavy atom. The van der Waals surface area contributed by atoms with Gasteiger partial charge in [0.25, 0.3) is 5.56 Å². The lowest BCUT2D eigenvalue weighted by Crippen LogP contribution is -2.43. The summed E-state index contributed by atoms with van der Waals surface area (Å²) in [5, 5.41) is 2.74. The number of hydrogen-bond acceptors (Lipinski definition) is 4. The molecule has 7 heteroatoms. The van der Waals surface area contributed by atoms with Crippen LogP contribution in [0.3, 0.4) is 0 Å². The number of rotatable bonds is 6. The van der Waals surface area contributed by atoms with Crippen molar-refractivity contribution in [2.45, 2.75) is 52.6 Å². The van der Waals surface area contributed by atoms with Crippen molar-refractivity contribution in [3.8, 4) is 0 Å². The minimum atomic E-state index is -0.510. The second-order valence-corrected chi connectivity index (χ2v) is 7.03. The summed E-state index contributed by atoms with van der Waals surface area (Å²) in [7, 11) is 0. The maximum absolute atomic E-state index is 12.7. The van der Waals surface area contributed by atoms with Gasteiger partial charge in [-0.15, -0.1) is 0 Å². The number of anilines is 2. The van der Waals surface area contributed by atoms with E-state index in [1.54, 1.807) is 0 Å². The van der Waals surface area contributed by atoms with Gasteiger partial charge in [-0.05, 0) is 37.5 Å². The van der Waals surface area contributed by atoms with E-state index in [-0.39, 0.29) is 29.2 Å². The van der Waals surface area contributed by atoms with Crippen LogP contribution < -0.4 is 22.3 Å². The van der Waals surface area contributed by atoms with E-state index in [1.165, 1.54) is 9.13 Å². The maximum Gasteiger partial charge on any atom is 0.332 e. The number of nitrogens with zero attached hydrogens (tertiary/aromatic N) is 2. The molecule has 1 amide bonds. The van der Waals surface area contributed by atoms with Crippen molar-refractivity contribution in [2.24, 2.45) is 17.8 Å². The summed E-state index contributed by atoms with van der Waals surface area (Å²) in [6.45, 7) is 4.54. The molecule has 7 nitrogen and oxygen atoms in total. The van der Waals surface area contributed by atoms with Crippen molar-refractivity contribution in [2.75, 3.05) is 11.1 Å². The minimum Gasteiger partial charge on any atom is -0.383 e. The second-order valence-electron chi connectivity index (χ2n) is 7.03. The standard InChI is InChI=1S/C18H26N4O3/c1-3-7-21-15(19)14(17(24)22(8-4-2)18(21)25)20-16(23)13-10-11-5-6-12(13)9-11/h5-6,11-13H,3-4,7-10,19H2,1-2H3,(H,20,23). The highest BCUT2D eigenvalue weighted by molar-refractivity contribution is 5.95. The second kappa shape index (κ2) is 6.90. The van der Waals surface area contributed by atoms with Gasteiger partial charge in [-0.25, -0.2) is 4.79 Å². The third-order valence-corrected chi connectivity index (χ3v) is 5.23. The predicted molar refractivity (Wildman–Crippen MR) is 97.4 cm³/mol. The van der Waals surface area contributed by atoms with E-state index in [9.17, 15) is 14.4 Å². The third kappa shape index (κ3) is 3.03. The fraction of sp³-hybridized carbons (Fsp3) is 0.611. The molecule has 1 saturated carbocycles. The lowest BCUT2D eigenvalue weighted by atomic mass is 9.93. The molecular weight excluding hydrogens is 320 g/mol. The van der Waals surface area contributed by atoms with Crippen molar-refractivity contribution >= 4 is 17.4 Å². The Labute approximate surface area is 146 Å². The highest BCUT2D eigenvalue weighted by Crippen LogP contribution is 2.43. The molecule has 2 bridgehead atoms. The molecule has 2 aliphatic rings. The largest absolute Gasteiger partial charge is 0.383 e. The average Bonchev–Trinajstić information content (AvgIpc) is 3.22. The number of nitrogens with two attached hydrogens (primary N) is 1. The van der Waals surface area contributed by atoms with Crippen molar-refractivity contribution in [1.29, 1.82) is 0 Å². The summed E-state index contributed by atoms with van der Waals surface area (Å²) < 4.78 is 2.55. The number of aromatic nitrogens is 2. The molecule has 0 radical (unpaired) electrons. The Kier molecular flexibility index (Phi) is 4.83. The van der Waals surface area contributed by atoms with Gasteiger partial charge in [0, 0.05) is 19.0 Å². The maximum atomic E-state index is 12.7. The van der Waals surface area contributed by atoms with Gasteiger partial charge in [-0.3, -0.25) is 18.7 Å². The molecule has 1 aromatic rings. The fourth-order valence-corrected chi connectivity index (χ4v) is 3.99. The molecule has 1 heterocycles. The Bertz CT molecular complexity index is 821. The van der Waals surface area contributed by atoms with Gasteiger partial charge >= 0.3 is 5.69 Å². The molecule has 25 heavy (non-hydrogen) atoms. The number of amides is 1. The molecule has 3 atom stereocenters. The highest BCUT2D eigenvalue weighted by Gasteiger charge is 2.40. The molecule has 1 aromatic heterocycles. The summed E-state index contributed by atoms with van der Waals surface area (Å²) in [4.78, 5) is 37.9. The smallest absolute Gasteiger partial charge is 0.332 e. The first-order chi connectivity index (χ1) is 12.0. The summed E-state index contributed by atoms with van der Waals surface area (Å²) >= 11 is 0. The predicted octanol–water partition coefficient (Wildman–Crippen LogP) is 1.56. The molecule has 3 N–H and O–H groups in total. The average molecular weight is 346 g/mol. The molecule has 3 rings (SSSR count). The van der Waals surface area contributed by atoms with Gasteiger partial charge in [0.05, 0.1) is 0 Å². The van der Waals surface area contributed by atoms with E-state index in [0.29, 0.717) is 31.8 Å². The Morgan fingerprint density at radius 1 is 1.16 bits per heavy atom. The first-order valence-corrected chi connectivity index (χ1v) is 9.10. The zero-order valence-electron chi connectivity index (χ0n) is 14.8. The van der Waals surface area contributed by atoms with Gasteiger partial charge in [0.2, 0.25) is 5.91 Å². The van der Waals surface area contributed by atoms with Gasteiger partial charge in [-0.1, -0.05) is 26.0 Å². The molecule has 0 aromatic carbocycles. The molecule has 0 spiro atoms. The summed E-state index contributed by atoms with van der Waals surface area (Å²) in [6.07, 6.45) is 7.43. The number of nitrogens with one attached hydrogen (secondary N) is 1. The monoisotopic (exact) mass is 346 g/mol. The normalized spacial score (nSPS) is 24.0. The van der Waals surface area contributed by atoms with Crippen molar-refractivity contribution in [1.82, 2.24) is 9.13 Å². The van der Waals surface area contributed by atoms with E-state index in [1.807, 2.05) is 13.8 Å². The van der Waals surface area contributed by atoms with Gasteiger partial charge in [-0.2, -0.15) is 0 Å². The number of fused-ring (bicyclic) bond motifs is 2. The van der Waals surface area contributed by atoms with Gasteiger partial charge < -0.3 is 11.1 Å². The summed E-state index contributed by atoms with van der Waals surface area (Å²) in [5.41, 5.74) is 5.20. The molecule has 136 valence electrons. The van der Waals surface area contributed by atoms with Crippen LogP contribution in [0.25, 0.3) is 0 Å². The minimum absolute atomic E-state index is 0.0400. The van der Waals surface area contributed by atoms with Crippen LogP contribution >= 0.6 is 0 Å². The van der Waals surface area contributed by atoms with Crippen molar-refractivity contribution < 1.29 is 4.79 Å². The quantitative estimate of drug-likeness (QED) is 0.764. The van der Waals surface area contributed by atoms with Crippen LogP contribution in [-0.4, -0.2) is 15.0 Å². The van der Waals surface area contributed by atoms with Crippen LogP contribution in [0.4, 0.5) is 11.5 Å². The first-order valence-electron chi connectivity index (χ1n) is 9.10. The molecule has 2 aliphatic carbocycles. The number of hydrogen-bond donors (Lipinski definition) is 2. The molecule has 0 saturated heterocycles. The van der Waals surface area contributed by atoms with Crippen LogP contribution in [0.1, 0.15) is 39.5 Å². The topological polar surface area (TPSA) is 99.1 Å². The van der Waals surface area contributed by atoms with Crippen molar-refractivity contribution in [3.05, 3.63) is 33.0 Å². The number of allylic oxidation sites excluding steroid dienone is 2. The zero-order chi connectivity index (χ0) is 18.1. The van der Waals surface area contributed by atoms with Crippen LogP contribution in [0.15, 0.2) is 21.7 Å². The lowest BCUT2D eigenvalue weighted by molar-refractivity contribution is -0.120. The Morgan fingerprint density at radius 3 is 2.40 bits per heavy atom. The SMILES string of the molecule is CCCn1c(N)c(NC(=O)C2CC3C=CC2C3)c(=O)n(CCC)c1=O. The van der Waals surface area contributed by atoms with Gasteiger partial charge in [0.15, 0.2) is 0 Å². The Hall–Kier alpha value is -2.31. The van der Waals surface area contributed by atoms with Crippen LogP contribution in [-0.2, 0) is 17.9 Å².